The zero-order valence-electron chi connectivity index (χ0n) is 19.6. The van der Waals surface area contributed by atoms with Gasteiger partial charge in [0.15, 0.2) is 5.65 Å². The Morgan fingerprint density at radius 2 is 1.84 bits per heavy atom. The number of fused-ring (bicyclic) bond motifs is 1. The number of hydrogen-bond donors (Lipinski definition) is 1. The Morgan fingerprint density at radius 3 is 2.59 bits per heavy atom. The Labute approximate surface area is 219 Å². The third kappa shape index (κ3) is 4.76. The number of rotatable bonds is 7. The van der Waals surface area contributed by atoms with E-state index < -0.39 is 17.4 Å². The number of halogens is 1. The lowest BCUT2D eigenvalue weighted by molar-refractivity contribution is -0.116. The molecule has 0 atom stereocenters. The molecule has 186 valence electrons. The van der Waals surface area contributed by atoms with Crippen molar-refractivity contribution >= 4 is 50.8 Å². The summed E-state index contributed by atoms with van der Waals surface area (Å²) in [6, 6.07) is 16.4. The van der Waals surface area contributed by atoms with Gasteiger partial charge in [-0.2, -0.15) is 5.10 Å². The highest BCUT2D eigenvalue weighted by atomic mass is 35.5. The number of aromatic nitrogens is 4. The maximum atomic E-state index is 13.1. The molecule has 0 saturated carbocycles. The quantitative estimate of drug-likeness (QED) is 0.302. The maximum Gasteiger partial charge on any atom is 0.341 e. The van der Waals surface area contributed by atoms with Crippen molar-refractivity contribution in [3.63, 3.8) is 0 Å². The largest absolute Gasteiger partial charge is 0.462 e. The first-order valence-electron chi connectivity index (χ1n) is 11.3. The number of nitrogens with zero attached hydrogens (tertiary/aromatic N) is 4. The second-order valence-corrected chi connectivity index (χ2v) is 9.20. The monoisotopic (exact) mass is 533 g/mol. The molecule has 2 aromatic carbocycles. The number of esters is 1. The highest BCUT2D eigenvalue weighted by Gasteiger charge is 2.24. The number of thiophene rings is 1. The summed E-state index contributed by atoms with van der Waals surface area (Å²) >= 11 is 7.53. The van der Waals surface area contributed by atoms with E-state index in [1.165, 1.54) is 28.4 Å². The van der Waals surface area contributed by atoms with Crippen LogP contribution in [0.1, 0.15) is 17.3 Å². The number of benzene rings is 2. The predicted octanol–water partition coefficient (Wildman–Crippen LogP) is 4.78. The molecule has 0 radical (unpaired) electrons. The normalized spacial score (nSPS) is 11.0. The van der Waals surface area contributed by atoms with Gasteiger partial charge in [-0.25, -0.2) is 14.5 Å². The molecule has 0 spiro atoms. The fourth-order valence-corrected chi connectivity index (χ4v) is 5.08. The van der Waals surface area contributed by atoms with Crippen LogP contribution in [0.15, 0.2) is 77.3 Å². The van der Waals surface area contributed by atoms with Gasteiger partial charge in [0.25, 0.3) is 5.56 Å². The maximum absolute atomic E-state index is 13.1. The molecule has 11 heteroatoms. The highest BCUT2D eigenvalue weighted by molar-refractivity contribution is 7.15. The number of para-hydroxylation sites is 1. The molecular weight excluding hydrogens is 514 g/mol. The van der Waals surface area contributed by atoms with E-state index in [4.69, 9.17) is 16.3 Å². The van der Waals surface area contributed by atoms with E-state index in [0.717, 1.165) is 5.69 Å². The first kappa shape index (κ1) is 24.4. The molecule has 3 heterocycles. The third-order valence-electron chi connectivity index (χ3n) is 5.56. The van der Waals surface area contributed by atoms with Crippen LogP contribution in [0.25, 0.3) is 27.8 Å². The second kappa shape index (κ2) is 10.4. The number of amides is 1. The van der Waals surface area contributed by atoms with E-state index in [0.29, 0.717) is 26.8 Å². The number of nitrogens with one attached hydrogen (secondary N) is 1. The van der Waals surface area contributed by atoms with E-state index in [-0.39, 0.29) is 24.1 Å². The summed E-state index contributed by atoms with van der Waals surface area (Å²) in [5.74, 6) is -1.08. The second-order valence-electron chi connectivity index (χ2n) is 7.91. The molecule has 0 unspecified atom stereocenters. The summed E-state index contributed by atoms with van der Waals surface area (Å²) < 4.78 is 7.99. The van der Waals surface area contributed by atoms with Gasteiger partial charge in [0.1, 0.15) is 28.8 Å². The molecule has 0 aliphatic heterocycles. The summed E-state index contributed by atoms with van der Waals surface area (Å²) in [6.45, 7) is 1.56. The van der Waals surface area contributed by atoms with E-state index in [9.17, 15) is 14.4 Å². The number of carbonyl (C=O) groups is 2. The summed E-state index contributed by atoms with van der Waals surface area (Å²) in [4.78, 5) is 43.2. The van der Waals surface area contributed by atoms with Crippen LogP contribution in [0, 0.1) is 0 Å². The van der Waals surface area contributed by atoms with E-state index in [1.54, 1.807) is 35.2 Å². The van der Waals surface area contributed by atoms with E-state index in [1.807, 2.05) is 36.4 Å². The van der Waals surface area contributed by atoms with Crippen molar-refractivity contribution in [3.8, 4) is 16.8 Å². The van der Waals surface area contributed by atoms with Gasteiger partial charge in [0, 0.05) is 21.5 Å². The molecule has 3 aromatic heterocycles. The van der Waals surface area contributed by atoms with Gasteiger partial charge in [-0.15, -0.1) is 11.3 Å². The number of carbonyl (C=O) groups excluding carboxylic acids is 2. The van der Waals surface area contributed by atoms with Crippen molar-refractivity contribution in [2.75, 3.05) is 11.9 Å². The molecule has 1 amide bonds. The Kier molecular flexibility index (Phi) is 6.85. The van der Waals surface area contributed by atoms with Crippen LogP contribution in [0.4, 0.5) is 5.00 Å². The third-order valence-corrected chi connectivity index (χ3v) is 6.78. The first-order valence-corrected chi connectivity index (χ1v) is 12.6. The van der Waals surface area contributed by atoms with Crippen LogP contribution in [0.3, 0.4) is 0 Å². The van der Waals surface area contributed by atoms with Gasteiger partial charge in [0.05, 0.1) is 18.5 Å². The van der Waals surface area contributed by atoms with Crippen LogP contribution in [-0.4, -0.2) is 37.8 Å². The smallest absolute Gasteiger partial charge is 0.341 e. The molecule has 5 aromatic rings. The van der Waals surface area contributed by atoms with Crippen LogP contribution in [-0.2, 0) is 16.1 Å². The Balaban J connectivity index is 1.43. The number of hydrogen-bond acceptors (Lipinski definition) is 7. The molecule has 37 heavy (non-hydrogen) atoms. The van der Waals surface area contributed by atoms with Gasteiger partial charge >= 0.3 is 5.97 Å². The zero-order valence-corrected chi connectivity index (χ0v) is 21.1. The van der Waals surface area contributed by atoms with Gasteiger partial charge < -0.3 is 10.1 Å². The molecule has 0 saturated heterocycles. The van der Waals surface area contributed by atoms with Crippen molar-refractivity contribution in [3.05, 3.63) is 93.4 Å². The number of anilines is 1. The molecule has 9 nitrogen and oxygen atoms in total. The fourth-order valence-electron chi connectivity index (χ4n) is 3.87. The van der Waals surface area contributed by atoms with Crippen molar-refractivity contribution in [2.24, 2.45) is 0 Å². The van der Waals surface area contributed by atoms with Gasteiger partial charge in [-0.3, -0.25) is 14.2 Å². The van der Waals surface area contributed by atoms with Crippen LogP contribution in [0.5, 0.6) is 0 Å². The SMILES string of the molecule is CCOC(=O)c1c(-c2ccccc2Cl)csc1NC(=O)Cn1cnc2c(cnn2-c2ccccc2)c1=O. The Bertz CT molecular complexity index is 1680. The molecule has 0 aliphatic carbocycles. The molecule has 0 fully saturated rings. The topological polar surface area (TPSA) is 108 Å². The molecule has 0 bridgehead atoms. The molecule has 5 rings (SSSR count). The minimum absolute atomic E-state index is 0.168. The summed E-state index contributed by atoms with van der Waals surface area (Å²) in [5.41, 5.74) is 2.15. The minimum atomic E-state index is -0.581. The van der Waals surface area contributed by atoms with Crippen LogP contribution >= 0.6 is 22.9 Å². The van der Waals surface area contributed by atoms with Crippen molar-refractivity contribution in [1.29, 1.82) is 0 Å². The number of ether oxygens (including phenoxy) is 1. The zero-order chi connectivity index (χ0) is 25.9. The van der Waals surface area contributed by atoms with Crippen LogP contribution in [0.2, 0.25) is 5.02 Å². The van der Waals surface area contributed by atoms with Crippen molar-refractivity contribution in [2.45, 2.75) is 13.5 Å². The fraction of sp³-hybridized carbons (Fsp3) is 0.115. The molecule has 0 aliphatic rings. The lowest BCUT2D eigenvalue weighted by Crippen LogP contribution is -2.28. The lowest BCUT2D eigenvalue weighted by Gasteiger charge is -2.10. The predicted molar refractivity (Wildman–Crippen MR) is 142 cm³/mol. The Morgan fingerprint density at radius 1 is 1.08 bits per heavy atom. The molecule has 1 N–H and O–H groups in total. The van der Waals surface area contributed by atoms with Crippen LogP contribution < -0.4 is 10.9 Å². The molecular formula is C26H20ClN5O4S. The minimum Gasteiger partial charge on any atom is -0.462 e. The average Bonchev–Trinajstić information content (AvgIpc) is 3.51. The summed E-state index contributed by atoms with van der Waals surface area (Å²) in [5, 5.41) is 9.81. The average molecular weight is 534 g/mol. The first-order chi connectivity index (χ1) is 18.0. The van der Waals surface area contributed by atoms with E-state index >= 15 is 0 Å². The van der Waals surface area contributed by atoms with Crippen molar-refractivity contribution < 1.29 is 14.3 Å². The highest BCUT2D eigenvalue weighted by Crippen LogP contribution is 2.39. The van der Waals surface area contributed by atoms with Gasteiger partial charge in [0.2, 0.25) is 5.91 Å². The Hall–Kier alpha value is -4.28. The van der Waals surface area contributed by atoms with E-state index in [2.05, 4.69) is 15.4 Å². The summed E-state index contributed by atoms with van der Waals surface area (Å²) in [7, 11) is 0. The van der Waals surface area contributed by atoms with Gasteiger partial charge in [-0.1, -0.05) is 48.0 Å². The standard InChI is InChI=1S/C26H20ClN5O4S/c1-2-36-26(35)22-19(17-10-6-7-11-20(17)27)14-37-24(22)30-21(33)13-31-15-28-23-18(25(31)34)12-29-32(23)16-8-4-3-5-9-16/h3-12,14-15H,2,13H2,1H3,(H,30,33). The van der Waals surface area contributed by atoms with Crippen molar-refractivity contribution in [1.82, 2.24) is 19.3 Å². The lowest BCUT2D eigenvalue weighted by atomic mass is 10.0. The summed E-state index contributed by atoms with van der Waals surface area (Å²) in [6.07, 6.45) is 2.74. The van der Waals surface area contributed by atoms with Gasteiger partial charge in [-0.05, 0) is 25.1 Å².